The maximum absolute atomic E-state index is 10.9. The minimum absolute atomic E-state index is 0.129. The number of rotatable bonds is 10. The molecule has 1 aromatic carbocycles. The summed E-state index contributed by atoms with van der Waals surface area (Å²) in [5, 5.41) is 8.91. The Morgan fingerprint density at radius 2 is 1.64 bits per heavy atom. The van der Waals surface area contributed by atoms with E-state index < -0.39 is 18.2 Å². The number of ether oxygens (including phenoxy) is 2. The van der Waals surface area contributed by atoms with Gasteiger partial charge in [0.2, 0.25) is 0 Å². The van der Waals surface area contributed by atoms with Crippen LogP contribution in [0.15, 0.2) is 18.2 Å². The minimum atomic E-state index is -0.945. The van der Waals surface area contributed by atoms with Crippen LogP contribution in [-0.4, -0.2) is 24.0 Å². The number of carboxylic acids is 1. The molecule has 0 saturated carbocycles. The van der Waals surface area contributed by atoms with E-state index >= 15 is 0 Å². The highest BCUT2D eigenvalue weighted by Crippen LogP contribution is 2.32. The van der Waals surface area contributed by atoms with E-state index in [0.29, 0.717) is 36.9 Å². The second-order valence-corrected chi connectivity index (χ2v) is 4.79. The Hall–Kier alpha value is -2.37. The molecule has 0 fully saturated rings. The van der Waals surface area contributed by atoms with Gasteiger partial charge in [0.1, 0.15) is 12.2 Å². The molecule has 0 amide bonds. The minimum Gasteiger partial charge on any atom is -0.481 e. The number of hydrogen-bond acceptors (Lipinski definition) is 5. The van der Waals surface area contributed by atoms with Crippen LogP contribution in [0.25, 0.3) is 0 Å². The van der Waals surface area contributed by atoms with Gasteiger partial charge in [0.05, 0.1) is 6.42 Å². The van der Waals surface area contributed by atoms with E-state index in [-0.39, 0.29) is 6.42 Å². The topological polar surface area (TPSA) is 89.9 Å². The summed E-state index contributed by atoms with van der Waals surface area (Å²) >= 11 is 0. The molecular formula is C16H20O6. The molecule has 0 spiro atoms. The Morgan fingerprint density at radius 1 is 1.09 bits per heavy atom. The summed E-state index contributed by atoms with van der Waals surface area (Å²) in [5.41, 5.74) is 1.99. The van der Waals surface area contributed by atoms with E-state index in [1.165, 1.54) is 0 Å². The zero-order valence-electron chi connectivity index (χ0n) is 12.7. The Morgan fingerprint density at radius 3 is 2.09 bits per heavy atom. The van der Waals surface area contributed by atoms with Crippen molar-refractivity contribution in [2.75, 3.05) is 0 Å². The molecule has 0 aliphatic heterocycles. The van der Waals surface area contributed by atoms with Gasteiger partial charge >= 0.3 is 5.97 Å². The maximum atomic E-state index is 10.9. The summed E-state index contributed by atoms with van der Waals surface area (Å²) in [6.07, 6.45) is -0.0153. The fraction of sp³-hybridized carbons (Fsp3) is 0.438. The van der Waals surface area contributed by atoms with Gasteiger partial charge in [-0.2, -0.15) is 0 Å². The van der Waals surface area contributed by atoms with Gasteiger partial charge in [-0.15, -0.1) is 0 Å². The average Bonchev–Trinajstić information content (AvgIpc) is 2.50. The van der Waals surface area contributed by atoms with Gasteiger partial charge in [-0.05, 0) is 29.5 Å². The predicted octanol–water partition coefficient (Wildman–Crippen LogP) is 2.56. The lowest BCUT2D eigenvalue weighted by molar-refractivity contribution is -0.136. The smallest absolute Gasteiger partial charge is 0.307 e. The number of carbonyl (C=O) groups is 3. The molecule has 0 heterocycles. The molecule has 0 aliphatic carbocycles. The first-order valence-electron chi connectivity index (χ1n) is 7.10. The fourth-order valence-corrected chi connectivity index (χ4v) is 2.39. The largest absolute Gasteiger partial charge is 0.481 e. The van der Waals surface area contributed by atoms with Crippen LogP contribution in [0.1, 0.15) is 55.6 Å². The molecule has 6 nitrogen and oxygen atoms in total. The van der Waals surface area contributed by atoms with Crippen molar-refractivity contribution in [2.24, 2.45) is 0 Å². The molecule has 22 heavy (non-hydrogen) atoms. The molecule has 1 N–H and O–H groups in total. The Kier molecular flexibility index (Phi) is 7.08. The summed E-state index contributed by atoms with van der Waals surface area (Å²) in [5.74, 6) is -0.945. The molecule has 120 valence electrons. The SMILES string of the molecule is CCC(OC=O)c1ccc(CC(=O)O)cc1C(CC)OC=O. The van der Waals surface area contributed by atoms with Crippen LogP contribution in [0.4, 0.5) is 0 Å². The van der Waals surface area contributed by atoms with Crippen molar-refractivity contribution in [1.29, 1.82) is 0 Å². The van der Waals surface area contributed by atoms with Crippen LogP contribution in [-0.2, 0) is 30.3 Å². The maximum Gasteiger partial charge on any atom is 0.307 e. The number of benzene rings is 1. The monoisotopic (exact) mass is 308 g/mol. The van der Waals surface area contributed by atoms with Gasteiger partial charge in [0.15, 0.2) is 0 Å². The zero-order chi connectivity index (χ0) is 16.5. The lowest BCUT2D eigenvalue weighted by atomic mass is 9.92. The van der Waals surface area contributed by atoms with E-state index in [0.717, 1.165) is 5.56 Å². The normalized spacial score (nSPS) is 13.0. The fourth-order valence-electron chi connectivity index (χ4n) is 2.39. The van der Waals surface area contributed by atoms with Crippen molar-refractivity contribution in [3.8, 4) is 0 Å². The molecule has 0 aromatic heterocycles. The van der Waals surface area contributed by atoms with E-state index in [1.54, 1.807) is 18.2 Å². The van der Waals surface area contributed by atoms with Crippen molar-refractivity contribution >= 4 is 18.9 Å². The lowest BCUT2D eigenvalue weighted by Crippen LogP contribution is -2.12. The quantitative estimate of drug-likeness (QED) is 0.668. The van der Waals surface area contributed by atoms with Gasteiger partial charge < -0.3 is 14.6 Å². The van der Waals surface area contributed by atoms with Gasteiger partial charge in [-0.3, -0.25) is 14.4 Å². The first-order valence-corrected chi connectivity index (χ1v) is 7.10. The molecule has 0 aliphatic rings. The Labute approximate surface area is 129 Å². The van der Waals surface area contributed by atoms with Gasteiger partial charge in [0, 0.05) is 0 Å². The first-order chi connectivity index (χ1) is 10.6. The Bertz CT molecular complexity index is 525. The van der Waals surface area contributed by atoms with Crippen LogP contribution >= 0.6 is 0 Å². The van der Waals surface area contributed by atoms with Crippen LogP contribution in [0.3, 0.4) is 0 Å². The summed E-state index contributed by atoms with van der Waals surface area (Å²) in [6, 6.07) is 5.09. The van der Waals surface area contributed by atoms with Crippen LogP contribution < -0.4 is 0 Å². The van der Waals surface area contributed by atoms with E-state index in [9.17, 15) is 14.4 Å². The summed E-state index contributed by atoms with van der Waals surface area (Å²) in [7, 11) is 0. The number of carboxylic acid groups (broad SMARTS) is 1. The van der Waals surface area contributed by atoms with Gasteiger partial charge in [-0.25, -0.2) is 0 Å². The molecular weight excluding hydrogens is 288 g/mol. The first kappa shape index (κ1) is 17.7. The van der Waals surface area contributed by atoms with E-state index in [4.69, 9.17) is 14.6 Å². The van der Waals surface area contributed by atoms with Gasteiger partial charge in [-0.1, -0.05) is 32.0 Å². The number of carbonyl (C=O) groups excluding carboxylic acids is 2. The van der Waals surface area contributed by atoms with Crippen LogP contribution in [0, 0.1) is 0 Å². The van der Waals surface area contributed by atoms with E-state index in [2.05, 4.69) is 0 Å². The molecule has 2 unspecified atom stereocenters. The molecule has 2 atom stereocenters. The summed E-state index contributed by atoms with van der Waals surface area (Å²) < 4.78 is 10.1. The third kappa shape index (κ3) is 4.58. The third-order valence-corrected chi connectivity index (χ3v) is 3.38. The van der Waals surface area contributed by atoms with Crippen molar-refractivity contribution in [1.82, 2.24) is 0 Å². The standard InChI is InChI=1S/C16H20O6/c1-3-14(21-9-17)12-6-5-11(8-16(19)20)7-13(12)15(4-2)22-10-18/h5-7,9-10,14-15H,3-4,8H2,1-2H3,(H,19,20). The average molecular weight is 308 g/mol. The second kappa shape index (κ2) is 8.81. The molecule has 0 radical (unpaired) electrons. The highest BCUT2D eigenvalue weighted by molar-refractivity contribution is 5.70. The highest BCUT2D eigenvalue weighted by Gasteiger charge is 2.22. The van der Waals surface area contributed by atoms with Crippen LogP contribution in [0.2, 0.25) is 0 Å². The van der Waals surface area contributed by atoms with Crippen molar-refractivity contribution < 1.29 is 29.0 Å². The van der Waals surface area contributed by atoms with Crippen molar-refractivity contribution in [3.05, 3.63) is 34.9 Å². The zero-order valence-corrected chi connectivity index (χ0v) is 12.7. The predicted molar refractivity (Wildman–Crippen MR) is 78.1 cm³/mol. The summed E-state index contributed by atoms with van der Waals surface area (Å²) in [4.78, 5) is 32.2. The molecule has 0 bridgehead atoms. The molecule has 0 saturated heterocycles. The number of aliphatic carboxylic acids is 1. The summed E-state index contributed by atoms with van der Waals surface area (Å²) in [6.45, 7) is 4.46. The van der Waals surface area contributed by atoms with Gasteiger partial charge in [0.25, 0.3) is 12.9 Å². The van der Waals surface area contributed by atoms with Crippen molar-refractivity contribution in [2.45, 2.75) is 45.3 Å². The highest BCUT2D eigenvalue weighted by atomic mass is 16.5. The lowest BCUT2D eigenvalue weighted by Gasteiger charge is -2.22. The van der Waals surface area contributed by atoms with Crippen LogP contribution in [0.5, 0.6) is 0 Å². The van der Waals surface area contributed by atoms with Crippen molar-refractivity contribution in [3.63, 3.8) is 0 Å². The van der Waals surface area contributed by atoms with E-state index in [1.807, 2.05) is 13.8 Å². The molecule has 6 heteroatoms. The molecule has 1 rings (SSSR count). The Balaban J connectivity index is 3.30. The second-order valence-electron chi connectivity index (χ2n) is 4.79. The number of hydrogen-bond donors (Lipinski definition) is 1. The molecule has 1 aromatic rings. The third-order valence-electron chi connectivity index (χ3n) is 3.38.